The molecule has 3 heterocycles. The van der Waals surface area contributed by atoms with Crippen molar-refractivity contribution >= 4 is 21.7 Å². The van der Waals surface area contributed by atoms with Crippen LogP contribution in [0.15, 0.2) is 63.1 Å². The summed E-state index contributed by atoms with van der Waals surface area (Å²) in [6.45, 7) is 1.84. The van der Waals surface area contributed by atoms with Gasteiger partial charge in [0.15, 0.2) is 0 Å². The highest BCUT2D eigenvalue weighted by molar-refractivity contribution is 6.05. The molecular weight excluding hydrogens is 356 g/mol. The van der Waals surface area contributed by atoms with E-state index in [1.807, 2.05) is 43.3 Å². The number of aromatic nitrogens is 2. The van der Waals surface area contributed by atoms with Crippen molar-refractivity contribution < 1.29 is 9.15 Å². The van der Waals surface area contributed by atoms with Crippen LogP contribution >= 0.6 is 0 Å². The predicted molar refractivity (Wildman–Crippen MR) is 103 cm³/mol. The number of rotatable bonds is 1. The van der Waals surface area contributed by atoms with Crippen LogP contribution in [-0.2, 0) is 0 Å². The first kappa shape index (κ1) is 16.1. The average molecular weight is 370 g/mol. The van der Waals surface area contributed by atoms with E-state index in [2.05, 4.69) is 16.3 Å². The quantitative estimate of drug-likeness (QED) is 0.392. The molecule has 3 N–H and O–H groups in total. The molecule has 0 amide bonds. The molecule has 2 aromatic carbocycles. The van der Waals surface area contributed by atoms with Gasteiger partial charge in [-0.1, -0.05) is 36.4 Å². The summed E-state index contributed by atoms with van der Waals surface area (Å²) in [5.74, 6) is -0.296. The van der Waals surface area contributed by atoms with E-state index in [-0.39, 0.29) is 11.5 Å². The van der Waals surface area contributed by atoms with Gasteiger partial charge in [0, 0.05) is 28.1 Å². The fourth-order valence-corrected chi connectivity index (χ4v) is 3.86. The number of allylic oxidation sites excluding steroid dienone is 1. The maximum Gasteiger partial charge on any atom is 0.336 e. The molecule has 0 saturated heterocycles. The maximum absolute atomic E-state index is 12.5. The summed E-state index contributed by atoms with van der Waals surface area (Å²) in [4.78, 5) is 12.5. The van der Waals surface area contributed by atoms with E-state index in [0.717, 1.165) is 21.9 Å². The smallest absolute Gasteiger partial charge is 0.336 e. The van der Waals surface area contributed by atoms with Crippen LogP contribution in [0, 0.1) is 18.3 Å². The maximum atomic E-state index is 12.5. The van der Waals surface area contributed by atoms with E-state index in [9.17, 15) is 10.1 Å². The van der Waals surface area contributed by atoms with Gasteiger partial charge in [-0.2, -0.15) is 5.26 Å². The van der Waals surface area contributed by atoms with Gasteiger partial charge >= 0.3 is 5.63 Å². The third kappa shape index (κ3) is 2.15. The molecule has 0 fully saturated rings. The molecule has 0 aliphatic carbocycles. The van der Waals surface area contributed by atoms with Crippen molar-refractivity contribution in [1.82, 2.24) is 10.2 Å². The molecule has 28 heavy (non-hydrogen) atoms. The van der Waals surface area contributed by atoms with Crippen molar-refractivity contribution in [3.05, 3.63) is 81.2 Å². The average Bonchev–Trinajstić information content (AvgIpc) is 3.06. The largest absolute Gasteiger partial charge is 0.422 e. The summed E-state index contributed by atoms with van der Waals surface area (Å²) in [5.41, 5.74) is 8.26. The van der Waals surface area contributed by atoms with Gasteiger partial charge in [0.1, 0.15) is 17.2 Å². The zero-order valence-corrected chi connectivity index (χ0v) is 14.8. The first-order chi connectivity index (χ1) is 13.6. The van der Waals surface area contributed by atoms with E-state index >= 15 is 0 Å². The van der Waals surface area contributed by atoms with Crippen LogP contribution < -0.4 is 16.1 Å². The normalized spacial score (nSPS) is 16.1. The summed E-state index contributed by atoms with van der Waals surface area (Å²) >= 11 is 0. The van der Waals surface area contributed by atoms with E-state index in [1.165, 1.54) is 6.07 Å². The van der Waals surface area contributed by atoms with Crippen LogP contribution in [0.25, 0.3) is 21.7 Å². The lowest BCUT2D eigenvalue weighted by Crippen LogP contribution is -2.22. The lowest BCUT2D eigenvalue weighted by Gasteiger charge is -2.24. The number of ether oxygens (including phenoxy) is 1. The van der Waals surface area contributed by atoms with Crippen molar-refractivity contribution in [2.75, 3.05) is 0 Å². The molecule has 1 aliphatic rings. The SMILES string of the molecule is Cc1[nH]nc2c1C(c1cc(=O)oc3c1ccc1ccccc13)C(C#N)=C(N)O2. The van der Waals surface area contributed by atoms with Crippen molar-refractivity contribution in [1.29, 1.82) is 5.26 Å². The zero-order chi connectivity index (χ0) is 19.4. The number of benzene rings is 2. The highest BCUT2D eigenvalue weighted by Crippen LogP contribution is 2.44. The minimum absolute atomic E-state index is 0.0197. The zero-order valence-electron chi connectivity index (χ0n) is 14.8. The van der Waals surface area contributed by atoms with E-state index in [4.69, 9.17) is 14.9 Å². The standard InChI is InChI=1S/C21H14N4O3/c1-10-17-18(15(9-22)20(23)28-21(17)25-24-10)14-8-16(26)27-19-12-5-3-2-4-11(12)6-7-13(14)19/h2-8,18H,23H2,1H3,(H,24,25). The van der Waals surface area contributed by atoms with Gasteiger partial charge in [0.25, 0.3) is 0 Å². The van der Waals surface area contributed by atoms with Gasteiger partial charge in [0.05, 0.1) is 5.92 Å². The van der Waals surface area contributed by atoms with Gasteiger partial charge in [-0.15, -0.1) is 5.10 Å². The molecule has 1 atom stereocenters. The highest BCUT2D eigenvalue weighted by Gasteiger charge is 2.35. The molecule has 7 nitrogen and oxygen atoms in total. The number of hydrogen-bond donors (Lipinski definition) is 2. The number of fused-ring (bicyclic) bond motifs is 4. The van der Waals surface area contributed by atoms with Crippen molar-refractivity contribution in [2.45, 2.75) is 12.8 Å². The van der Waals surface area contributed by atoms with Crippen molar-refractivity contribution in [3.8, 4) is 11.9 Å². The van der Waals surface area contributed by atoms with Gasteiger partial charge < -0.3 is 14.9 Å². The number of nitriles is 1. The molecule has 7 heteroatoms. The number of aromatic amines is 1. The summed E-state index contributed by atoms with van der Waals surface area (Å²) < 4.78 is 11.1. The summed E-state index contributed by atoms with van der Waals surface area (Å²) in [7, 11) is 0. The predicted octanol–water partition coefficient (Wildman–Crippen LogP) is 3.20. The third-order valence-corrected chi connectivity index (χ3v) is 5.11. The molecule has 0 spiro atoms. The number of H-pyrrole nitrogens is 1. The first-order valence-electron chi connectivity index (χ1n) is 8.66. The first-order valence-corrected chi connectivity index (χ1v) is 8.66. The Hall–Kier alpha value is -4.05. The summed E-state index contributed by atoms with van der Waals surface area (Å²) in [6, 6.07) is 15.1. The Labute approximate surface area is 158 Å². The Balaban J connectivity index is 1.92. The Kier molecular flexibility index (Phi) is 3.30. The molecule has 2 aromatic heterocycles. The second-order valence-corrected chi connectivity index (χ2v) is 6.68. The fourth-order valence-electron chi connectivity index (χ4n) is 3.86. The number of nitrogens with two attached hydrogens (primary N) is 1. The van der Waals surface area contributed by atoms with Gasteiger partial charge in [-0.3, -0.25) is 5.10 Å². The third-order valence-electron chi connectivity index (χ3n) is 5.11. The fraction of sp³-hybridized carbons (Fsp3) is 0.0952. The molecular formula is C21H14N4O3. The molecule has 1 aliphatic heterocycles. The highest BCUT2D eigenvalue weighted by atomic mass is 16.5. The van der Waals surface area contributed by atoms with Crippen LogP contribution in [0.4, 0.5) is 0 Å². The number of aryl methyl sites for hydroxylation is 1. The van der Waals surface area contributed by atoms with Gasteiger partial charge in [0.2, 0.25) is 11.8 Å². The topological polar surface area (TPSA) is 118 Å². The molecule has 0 saturated carbocycles. The van der Waals surface area contributed by atoms with Gasteiger partial charge in [-0.05, 0) is 17.9 Å². The lowest BCUT2D eigenvalue weighted by atomic mass is 9.82. The van der Waals surface area contributed by atoms with Crippen LogP contribution in [0.2, 0.25) is 0 Å². The molecule has 1 unspecified atom stereocenters. The van der Waals surface area contributed by atoms with Crippen LogP contribution in [0.5, 0.6) is 5.88 Å². The number of nitrogens with one attached hydrogen (secondary N) is 1. The Morgan fingerprint density at radius 2 is 2.04 bits per heavy atom. The molecule has 4 aromatic rings. The minimum atomic E-state index is -0.583. The molecule has 136 valence electrons. The van der Waals surface area contributed by atoms with E-state index in [1.54, 1.807) is 0 Å². The van der Waals surface area contributed by atoms with Crippen LogP contribution in [0.1, 0.15) is 22.7 Å². The van der Waals surface area contributed by atoms with Crippen molar-refractivity contribution in [3.63, 3.8) is 0 Å². The lowest BCUT2D eigenvalue weighted by molar-refractivity contribution is 0.379. The second kappa shape index (κ2) is 5.72. The van der Waals surface area contributed by atoms with Crippen LogP contribution in [0.3, 0.4) is 0 Å². The second-order valence-electron chi connectivity index (χ2n) is 6.68. The molecule has 0 bridgehead atoms. The summed E-state index contributed by atoms with van der Waals surface area (Å²) in [6.07, 6.45) is 0. The Bertz CT molecular complexity index is 1400. The Morgan fingerprint density at radius 3 is 2.86 bits per heavy atom. The number of nitrogens with zero attached hydrogens (tertiary/aromatic N) is 2. The van der Waals surface area contributed by atoms with Gasteiger partial charge in [-0.25, -0.2) is 4.79 Å². The van der Waals surface area contributed by atoms with E-state index < -0.39 is 11.5 Å². The number of hydrogen-bond acceptors (Lipinski definition) is 6. The monoisotopic (exact) mass is 370 g/mol. The molecule has 0 radical (unpaired) electrons. The molecule has 5 rings (SSSR count). The van der Waals surface area contributed by atoms with Crippen molar-refractivity contribution in [2.24, 2.45) is 5.73 Å². The van der Waals surface area contributed by atoms with E-state index in [0.29, 0.717) is 22.6 Å². The minimum Gasteiger partial charge on any atom is -0.422 e. The van der Waals surface area contributed by atoms with Crippen LogP contribution in [-0.4, -0.2) is 10.2 Å². The Morgan fingerprint density at radius 1 is 1.21 bits per heavy atom. The summed E-state index contributed by atoms with van der Waals surface area (Å²) in [5, 5.41) is 19.3.